The number of para-hydroxylation sites is 1. The molecule has 2 aromatic rings. The molecule has 0 atom stereocenters. The number of ether oxygens (including phenoxy) is 1. The zero-order chi connectivity index (χ0) is 14.0. The predicted molar refractivity (Wildman–Crippen MR) is 78.1 cm³/mol. The quantitative estimate of drug-likeness (QED) is 0.921. The van der Waals surface area contributed by atoms with Gasteiger partial charge in [0.2, 0.25) is 0 Å². The van der Waals surface area contributed by atoms with Crippen LogP contribution in [0.3, 0.4) is 0 Å². The lowest BCUT2D eigenvalue weighted by atomic mass is 10.3. The van der Waals surface area contributed by atoms with Crippen LogP contribution in [0, 0.1) is 0 Å². The molecule has 102 valence electrons. The van der Waals surface area contributed by atoms with E-state index in [0.29, 0.717) is 0 Å². The van der Waals surface area contributed by atoms with E-state index in [1.165, 1.54) is 7.11 Å². The van der Waals surface area contributed by atoms with E-state index in [2.05, 4.69) is 4.72 Å². The van der Waals surface area contributed by atoms with Gasteiger partial charge in [-0.3, -0.25) is 4.72 Å². The maximum atomic E-state index is 12.2. The summed E-state index contributed by atoms with van der Waals surface area (Å²) in [6.45, 7) is 0. The molecule has 0 saturated carbocycles. The van der Waals surface area contributed by atoms with Crippen LogP contribution in [0.15, 0.2) is 33.9 Å². The van der Waals surface area contributed by atoms with Crippen LogP contribution >= 0.6 is 34.5 Å². The number of methoxy groups -OCH3 is 1. The molecule has 1 aromatic carbocycles. The van der Waals surface area contributed by atoms with Gasteiger partial charge in [0.1, 0.15) is 5.75 Å². The molecule has 1 N–H and O–H groups in total. The van der Waals surface area contributed by atoms with Crippen LogP contribution in [0.2, 0.25) is 10.0 Å². The van der Waals surface area contributed by atoms with E-state index in [1.54, 1.807) is 29.6 Å². The summed E-state index contributed by atoms with van der Waals surface area (Å²) in [5.74, 6) is 0.278. The number of sulfonamides is 1. The number of rotatable bonds is 4. The second-order valence-electron chi connectivity index (χ2n) is 3.48. The molecule has 0 bridgehead atoms. The van der Waals surface area contributed by atoms with E-state index in [-0.39, 0.29) is 25.7 Å². The van der Waals surface area contributed by atoms with Gasteiger partial charge < -0.3 is 4.74 Å². The van der Waals surface area contributed by atoms with Crippen molar-refractivity contribution in [2.75, 3.05) is 11.8 Å². The maximum Gasteiger partial charge on any atom is 0.275 e. The van der Waals surface area contributed by atoms with Crippen molar-refractivity contribution in [2.45, 2.75) is 4.21 Å². The molecule has 8 heteroatoms. The first kappa shape index (κ1) is 14.5. The fraction of sp³-hybridized carbons (Fsp3) is 0.0909. The normalized spacial score (nSPS) is 11.3. The summed E-state index contributed by atoms with van der Waals surface area (Å²) >= 11 is 12.9. The average molecular weight is 338 g/mol. The van der Waals surface area contributed by atoms with Crippen molar-refractivity contribution < 1.29 is 13.2 Å². The summed E-state index contributed by atoms with van der Waals surface area (Å²) in [6, 6.07) is 6.31. The molecule has 0 aliphatic heterocycles. The van der Waals surface area contributed by atoms with Crippen LogP contribution in [-0.2, 0) is 10.0 Å². The Morgan fingerprint density at radius 2 is 1.84 bits per heavy atom. The molecule has 1 heterocycles. The van der Waals surface area contributed by atoms with Gasteiger partial charge in [-0.15, -0.1) is 11.3 Å². The number of benzene rings is 1. The summed E-state index contributed by atoms with van der Waals surface area (Å²) in [7, 11) is -2.38. The second-order valence-corrected chi connectivity index (χ2v) is 7.09. The fourth-order valence-corrected chi connectivity index (χ4v) is 4.39. The van der Waals surface area contributed by atoms with Crippen molar-refractivity contribution in [3.63, 3.8) is 0 Å². The van der Waals surface area contributed by atoms with E-state index < -0.39 is 10.0 Å². The second kappa shape index (κ2) is 5.58. The van der Waals surface area contributed by atoms with Gasteiger partial charge in [-0.1, -0.05) is 29.3 Å². The minimum atomic E-state index is -3.78. The SMILES string of the molecule is COc1ccsc1S(=O)(=O)Nc1c(Cl)cccc1Cl. The summed E-state index contributed by atoms with van der Waals surface area (Å²) in [6.07, 6.45) is 0. The van der Waals surface area contributed by atoms with Crippen molar-refractivity contribution in [1.29, 1.82) is 0 Å². The number of thiophene rings is 1. The van der Waals surface area contributed by atoms with Crippen molar-refractivity contribution >= 4 is 50.2 Å². The van der Waals surface area contributed by atoms with Gasteiger partial charge in [0.15, 0.2) is 4.21 Å². The summed E-state index contributed by atoms with van der Waals surface area (Å²) in [5, 5.41) is 2.08. The fourth-order valence-electron chi connectivity index (χ4n) is 1.41. The number of hydrogen-bond donors (Lipinski definition) is 1. The molecule has 0 aliphatic rings. The molecule has 0 fully saturated rings. The highest BCUT2D eigenvalue weighted by molar-refractivity contribution is 7.94. The van der Waals surface area contributed by atoms with Gasteiger partial charge in [-0.25, -0.2) is 8.42 Å². The zero-order valence-corrected chi connectivity index (χ0v) is 12.8. The third-order valence-electron chi connectivity index (χ3n) is 2.26. The van der Waals surface area contributed by atoms with Crippen LogP contribution in [0.1, 0.15) is 0 Å². The van der Waals surface area contributed by atoms with Crippen molar-refractivity contribution in [3.05, 3.63) is 39.7 Å². The Morgan fingerprint density at radius 1 is 1.21 bits per heavy atom. The zero-order valence-electron chi connectivity index (χ0n) is 9.68. The topological polar surface area (TPSA) is 55.4 Å². The standard InChI is InChI=1S/C11H9Cl2NO3S2/c1-17-9-5-6-18-11(9)19(15,16)14-10-7(12)3-2-4-8(10)13/h2-6,14H,1H3. The highest BCUT2D eigenvalue weighted by Crippen LogP contribution is 2.35. The minimum absolute atomic E-state index is 0.0750. The molecular weight excluding hydrogens is 329 g/mol. The molecule has 0 radical (unpaired) electrons. The van der Waals surface area contributed by atoms with Gasteiger partial charge in [0, 0.05) is 0 Å². The van der Waals surface area contributed by atoms with Crippen LogP contribution in [0.25, 0.3) is 0 Å². The van der Waals surface area contributed by atoms with E-state index in [1.807, 2.05) is 0 Å². The number of nitrogens with one attached hydrogen (secondary N) is 1. The lowest BCUT2D eigenvalue weighted by Gasteiger charge is -2.10. The monoisotopic (exact) mass is 337 g/mol. The maximum absolute atomic E-state index is 12.2. The highest BCUT2D eigenvalue weighted by Gasteiger charge is 2.23. The van der Waals surface area contributed by atoms with Crippen molar-refractivity contribution in [1.82, 2.24) is 0 Å². The van der Waals surface area contributed by atoms with Crippen LogP contribution in [0.5, 0.6) is 5.75 Å². The minimum Gasteiger partial charge on any atom is -0.494 e. The molecule has 0 spiro atoms. The number of anilines is 1. The molecular formula is C11H9Cl2NO3S2. The average Bonchev–Trinajstić information content (AvgIpc) is 2.83. The highest BCUT2D eigenvalue weighted by atomic mass is 35.5. The van der Waals surface area contributed by atoms with E-state index in [9.17, 15) is 8.42 Å². The summed E-state index contributed by atoms with van der Waals surface area (Å²) in [5.41, 5.74) is 0.154. The Hall–Kier alpha value is -0.950. The Balaban J connectivity index is 2.43. The van der Waals surface area contributed by atoms with Gasteiger partial charge in [0.25, 0.3) is 10.0 Å². The van der Waals surface area contributed by atoms with Gasteiger partial charge >= 0.3 is 0 Å². The first-order chi connectivity index (χ1) is 8.95. The Bertz CT molecular complexity index is 677. The van der Waals surface area contributed by atoms with Crippen molar-refractivity contribution in [2.24, 2.45) is 0 Å². The molecule has 4 nitrogen and oxygen atoms in total. The summed E-state index contributed by atoms with van der Waals surface area (Å²) < 4.78 is 31.9. The van der Waals surface area contributed by atoms with Crippen LogP contribution < -0.4 is 9.46 Å². The van der Waals surface area contributed by atoms with Gasteiger partial charge in [-0.05, 0) is 23.6 Å². The smallest absolute Gasteiger partial charge is 0.275 e. The van der Waals surface area contributed by atoms with Gasteiger partial charge in [-0.2, -0.15) is 0 Å². The third kappa shape index (κ3) is 2.97. The van der Waals surface area contributed by atoms with E-state index >= 15 is 0 Å². The molecule has 0 unspecified atom stereocenters. The lowest BCUT2D eigenvalue weighted by Crippen LogP contribution is -2.13. The molecule has 1 aromatic heterocycles. The number of hydrogen-bond acceptors (Lipinski definition) is 4. The first-order valence-corrected chi connectivity index (χ1v) is 8.16. The van der Waals surface area contributed by atoms with Crippen LogP contribution in [-0.4, -0.2) is 15.5 Å². The third-order valence-corrected chi connectivity index (χ3v) is 5.69. The Kier molecular flexibility index (Phi) is 4.25. The predicted octanol–water partition coefficient (Wildman–Crippen LogP) is 3.86. The Morgan fingerprint density at radius 3 is 2.42 bits per heavy atom. The van der Waals surface area contributed by atoms with Gasteiger partial charge in [0.05, 0.1) is 22.8 Å². The lowest BCUT2D eigenvalue weighted by molar-refractivity contribution is 0.406. The molecule has 2 rings (SSSR count). The molecule has 0 aliphatic carbocycles. The molecule has 0 amide bonds. The van der Waals surface area contributed by atoms with Crippen molar-refractivity contribution in [3.8, 4) is 5.75 Å². The first-order valence-electron chi connectivity index (χ1n) is 5.04. The summed E-state index contributed by atoms with van der Waals surface area (Å²) in [4.78, 5) is 0. The van der Waals surface area contributed by atoms with E-state index in [4.69, 9.17) is 27.9 Å². The largest absolute Gasteiger partial charge is 0.494 e. The number of halogens is 2. The molecule has 0 saturated heterocycles. The molecule has 19 heavy (non-hydrogen) atoms. The van der Waals surface area contributed by atoms with Crippen LogP contribution in [0.4, 0.5) is 5.69 Å². The Labute approximate surface area is 125 Å². The van der Waals surface area contributed by atoms with E-state index in [0.717, 1.165) is 11.3 Å².